The van der Waals surface area contributed by atoms with Crippen molar-refractivity contribution in [2.45, 2.75) is 25.9 Å². The standard InChI is InChI=1S/C8H14O3/c1-3-4-11-7-5-6(7)8(9)10-2/h6-7H,3-5H2,1-2H3. The molecule has 0 radical (unpaired) electrons. The third kappa shape index (κ3) is 2.19. The van der Waals surface area contributed by atoms with Crippen LogP contribution >= 0.6 is 0 Å². The summed E-state index contributed by atoms with van der Waals surface area (Å²) in [6, 6.07) is 0. The minimum atomic E-state index is -0.133. The molecule has 0 amide bonds. The Kier molecular flexibility index (Phi) is 2.88. The van der Waals surface area contributed by atoms with E-state index in [0.717, 1.165) is 19.4 Å². The second-order valence-corrected chi connectivity index (χ2v) is 2.77. The first-order chi connectivity index (χ1) is 5.29. The maximum Gasteiger partial charge on any atom is 0.311 e. The van der Waals surface area contributed by atoms with Crippen LogP contribution < -0.4 is 0 Å². The lowest BCUT2D eigenvalue weighted by atomic mass is 10.4. The number of carbonyl (C=O) groups excluding carboxylic acids is 1. The van der Waals surface area contributed by atoms with Crippen molar-refractivity contribution in [2.75, 3.05) is 13.7 Å². The summed E-state index contributed by atoms with van der Waals surface area (Å²) in [5, 5.41) is 0. The van der Waals surface area contributed by atoms with E-state index in [1.165, 1.54) is 7.11 Å². The number of rotatable bonds is 4. The largest absolute Gasteiger partial charge is 0.469 e. The van der Waals surface area contributed by atoms with Gasteiger partial charge in [-0.2, -0.15) is 0 Å². The molecule has 1 aliphatic rings. The van der Waals surface area contributed by atoms with Gasteiger partial charge in [0.05, 0.1) is 19.1 Å². The lowest BCUT2D eigenvalue weighted by molar-refractivity contribution is -0.143. The lowest BCUT2D eigenvalue weighted by Gasteiger charge is -1.99. The second-order valence-electron chi connectivity index (χ2n) is 2.77. The minimum Gasteiger partial charge on any atom is -0.469 e. The van der Waals surface area contributed by atoms with Crippen LogP contribution in [0.1, 0.15) is 19.8 Å². The smallest absolute Gasteiger partial charge is 0.311 e. The summed E-state index contributed by atoms with van der Waals surface area (Å²) in [6.07, 6.45) is 1.99. The molecular formula is C8H14O3. The third-order valence-corrected chi connectivity index (χ3v) is 1.77. The van der Waals surface area contributed by atoms with Gasteiger partial charge in [0.2, 0.25) is 0 Å². The van der Waals surface area contributed by atoms with Crippen LogP contribution in [0.5, 0.6) is 0 Å². The fraction of sp³-hybridized carbons (Fsp3) is 0.875. The van der Waals surface area contributed by atoms with Crippen molar-refractivity contribution in [1.29, 1.82) is 0 Å². The molecule has 64 valence electrons. The maximum atomic E-state index is 10.8. The Labute approximate surface area is 66.7 Å². The van der Waals surface area contributed by atoms with E-state index in [1.807, 2.05) is 0 Å². The molecule has 3 nitrogen and oxygen atoms in total. The molecule has 2 atom stereocenters. The molecule has 0 saturated heterocycles. The summed E-state index contributed by atoms with van der Waals surface area (Å²) in [6.45, 7) is 2.80. The van der Waals surface area contributed by atoms with Gasteiger partial charge in [0.1, 0.15) is 0 Å². The van der Waals surface area contributed by atoms with Crippen molar-refractivity contribution in [1.82, 2.24) is 0 Å². The third-order valence-electron chi connectivity index (χ3n) is 1.77. The first kappa shape index (κ1) is 8.53. The van der Waals surface area contributed by atoms with Gasteiger partial charge in [-0.05, 0) is 12.8 Å². The molecule has 0 aromatic heterocycles. The van der Waals surface area contributed by atoms with Crippen LogP contribution in [0.15, 0.2) is 0 Å². The number of esters is 1. The Bertz CT molecular complexity index is 144. The molecule has 1 fully saturated rings. The molecule has 0 heterocycles. The van der Waals surface area contributed by atoms with Gasteiger partial charge >= 0.3 is 5.97 Å². The molecule has 1 saturated carbocycles. The molecule has 11 heavy (non-hydrogen) atoms. The molecule has 0 aromatic rings. The second kappa shape index (κ2) is 3.72. The van der Waals surface area contributed by atoms with Gasteiger partial charge in [0, 0.05) is 6.61 Å². The van der Waals surface area contributed by atoms with Crippen LogP contribution in [0.4, 0.5) is 0 Å². The monoisotopic (exact) mass is 158 g/mol. The van der Waals surface area contributed by atoms with Crippen molar-refractivity contribution < 1.29 is 14.3 Å². The molecule has 0 bridgehead atoms. The van der Waals surface area contributed by atoms with Crippen LogP contribution in [0.25, 0.3) is 0 Å². The van der Waals surface area contributed by atoms with Gasteiger partial charge in [0.25, 0.3) is 0 Å². The van der Waals surface area contributed by atoms with Crippen molar-refractivity contribution >= 4 is 5.97 Å². The summed E-state index contributed by atoms with van der Waals surface area (Å²) in [4.78, 5) is 10.8. The summed E-state index contributed by atoms with van der Waals surface area (Å²) < 4.78 is 9.90. The minimum absolute atomic E-state index is 0.0200. The number of hydrogen-bond donors (Lipinski definition) is 0. The average molecular weight is 158 g/mol. The Morgan fingerprint density at radius 1 is 1.64 bits per heavy atom. The van der Waals surface area contributed by atoms with Crippen LogP contribution in [0.3, 0.4) is 0 Å². The van der Waals surface area contributed by atoms with E-state index in [1.54, 1.807) is 0 Å². The van der Waals surface area contributed by atoms with E-state index in [9.17, 15) is 4.79 Å². The highest BCUT2D eigenvalue weighted by molar-refractivity contribution is 5.76. The van der Waals surface area contributed by atoms with Crippen LogP contribution in [-0.2, 0) is 14.3 Å². The van der Waals surface area contributed by atoms with Crippen LogP contribution in [0, 0.1) is 5.92 Å². The highest BCUT2D eigenvalue weighted by Crippen LogP contribution is 2.34. The first-order valence-corrected chi connectivity index (χ1v) is 3.99. The Morgan fingerprint density at radius 3 is 2.91 bits per heavy atom. The number of hydrogen-bond acceptors (Lipinski definition) is 3. The summed E-state index contributed by atoms with van der Waals surface area (Å²) in [5.41, 5.74) is 0. The van der Waals surface area contributed by atoms with Crippen molar-refractivity contribution in [3.05, 3.63) is 0 Å². The first-order valence-electron chi connectivity index (χ1n) is 3.99. The molecule has 2 unspecified atom stereocenters. The quantitative estimate of drug-likeness (QED) is 0.572. The van der Waals surface area contributed by atoms with Crippen molar-refractivity contribution in [2.24, 2.45) is 5.92 Å². The van der Waals surface area contributed by atoms with E-state index < -0.39 is 0 Å². The zero-order valence-electron chi connectivity index (χ0n) is 7.00. The van der Waals surface area contributed by atoms with Crippen LogP contribution in [-0.4, -0.2) is 25.8 Å². The van der Waals surface area contributed by atoms with Crippen molar-refractivity contribution in [3.63, 3.8) is 0 Å². The zero-order chi connectivity index (χ0) is 8.27. The van der Waals surface area contributed by atoms with E-state index >= 15 is 0 Å². The Balaban J connectivity index is 2.11. The molecule has 0 N–H and O–H groups in total. The van der Waals surface area contributed by atoms with E-state index in [-0.39, 0.29) is 18.0 Å². The number of methoxy groups -OCH3 is 1. The number of carbonyl (C=O) groups is 1. The van der Waals surface area contributed by atoms with E-state index in [0.29, 0.717) is 0 Å². The fourth-order valence-electron chi connectivity index (χ4n) is 1.02. The molecule has 0 aromatic carbocycles. The van der Waals surface area contributed by atoms with Gasteiger partial charge in [-0.3, -0.25) is 4.79 Å². The van der Waals surface area contributed by atoms with Crippen molar-refractivity contribution in [3.8, 4) is 0 Å². The highest BCUT2D eigenvalue weighted by atomic mass is 16.5. The van der Waals surface area contributed by atoms with E-state index in [2.05, 4.69) is 11.7 Å². The van der Waals surface area contributed by atoms with Gasteiger partial charge in [-0.25, -0.2) is 0 Å². The van der Waals surface area contributed by atoms with Gasteiger partial charge in [0.15, 0.2) is 0 Å². The SMILES string of the molecule is CCCOC1CC1C(=O)OC. The zero-order valence-corrected chi connectivity index (χ0v) is 7.00. The number of ether oxygens (including phenoxy) is 2. The summed E-state index contributed by atoms with van der Waals surface area (Å²) in [7, 11) is 1.41. The topological polar surface area (TPSA) is 35.5 Å². The average Bonchev–Trinajstić information content (AvgIpc) is 2.78. The fourth-order valence-corrected chi connectivity index (χ4v) is 1.02. The normalized spacial score (nSPS) is 28.2. The van der Waals surface area contributed by atoms with Gasteiger partial charge in [-0.15, -0.1) is 0 Å². The molecular weight excluding hydrogens is 144 g/mol. The summed E-state index contributed by atoms with van der Waals surface area (Å²) in [5.74, 6) is -0.113. The molecule has 1 aliphatic carbocycles. The molecule has 3 heteroatoms. The van der Waals surface area contributed by atoms with E-state index in [4.69, 9.17) is 4.74 Å². The summed E-state index contributed by atoms with van der Waals surface area (Å²) >= 11 is 0. The van der Waals surface area contributed by atoms with Gasteiger partial charge in [-0.1, -0.05) is 6.92 Å². The lowest BCUT2D eigenvalue weighted by Crippen LogP contribution is -2.08. The molecule has 0 spiro atoms. The predicted molar refractivity (Wildman–Crippen MR) is 40.2 cm³/mol. The highest BCUT2D eigenvalue weighted by Gasteiger charge is 2.44. The Hall–Kier alpha value is -0.570. The van der Waals surface area contributed by atoms with Crippen LogP contribution in [0.2, 0.25) is 0 Å². The maximum absolute atomic E-state index is 10.8. The Morgan fingerprint density at radius 2 is 2.36 bits per heavy atom. The van der Waals surface area contributed by atoms with Gasteiger partial charge < -0.3 is 9.47 Å². The molecule has 0 aliphatic heterocycles. The predicted octanol–water partition coefficient (Wildman–Crippen LogP) is 0.975. The molecule has 1 rings (SSSR count).